The highest BCUT2D eigenvalue weighted by Crippen LogP contribution is 2.10. The molecule has 4 heteroatoms. The number of hydrogen-bond donors (Lipinski definition) is 1. The summed E-state index contributed by atoms with van der Waals surface area (Å²) in [7, 11) is 2.14. The van der Waals surface area contributed by atoms with Crippen LogP contribution in [0.1, 0.15) is 37.9 Å². The van der Waals surface area contributed by atoms with Gasteiger partial charge < -0.3 is 5.73 Å². The summed E-state index contributed by atoms with van der Waals surface area (Å²) >= 11 is 4.93. The molecule has 1 unspecified atom stereocenters. The molecule has 3 nitrogen and oxygen atoms in total. The van der Waals surface area contributed by atoms with E-state index < -0.39 is 0 Å². The van der Waals surface area contributed by atoms with Gasteiger partial charge in [0, 0.05) is 18.8 Å². The van der Waals surface area contributed by atoms with E-state index in [1.165, 1.54) is 18.4 Å². The first-order valence-corrected chi connectivity index (χ1v) is 6.40. The Hall–Kier alpha value is -1.00. The lowest BCUT2D eigenvalue weighted by Gasteiger charge is -2.24. The van der Waals surface area contributed by atoms with Gasteiger partial charge in [-0.1, -0.05) is 25.6 Å². The topological polar surface area (TPSA) is 42.2 Å². The molecule has 0 aromatic carbocycles. The molecule has 1 aromatic rings. The molecular formula is C13H21N3S. The zero-order valence-corrected chi connectivity index (χ0v) is 11.6. The Morgan fingerprint density at radius 1 is 1.59 bits per heavy atom. The van der Waals surface area contributed by atoms with Gasteiger partial charge in [0.05, 0.1) is 5.69 Å². The zero-order valence-electron chi connectivity index (χ0n) is 10.8. The minimum atomic E-state index is 0.358. The van der Waals surface area contributed by atoms with Crippen LogP contribution in [0.2, 0.25) is 0 Å². The van der Waals surface area contributed by atoms with Crippen molar-refractivity contribution in [1.82, 2.24) is 9.88 Å². The van der Waals surface area contributed by atoms with Crippen LogP contribution in [0.5, 0.6) is 0 Å². The normalized spacial score (nSPS) is 12.7. The van der Waals surface area contributed by atoms with Crippen LogP contribution in [0, 0.1) is 0 Å². The molecule has 94 valence electrons. The molecule has 2 N–H and O–H groups in total. The summed E-state index contributed by atoms with van der Waals surface area (Å²) in [6, 6.07) is 4.57. The van der Waals surface area contributed by atoms with Crippen molar-refractivity contribution in [2.45, 2.75) is 39.3 Å². The predicted octanol–water partition coefficient (Wildman–Crippen LogP) is 2.34. The number of hydrogen-bond acceptors (Lipinski definition) is 3. The zero-order chi connectivity index (χ0) is 12.8. The Morgan fingerprint density at radius 3 is 2.88 bits per heavy atom. The van der Waals surface area contributed by atoms with Crippen LogP contribution < -0.4 is 5.73 Å². The minimum absolute atomic E-state index is 0.358. The summed E-state index contributed by atoms with van der Waals surface area (Å²) in [5, 5.41) is 0. The molecule has 0 amide bonds. The van der Waals surface area contributed by atoms with E-state index >= 15 is 0 Å². The molecule has 0 saturated carbocycles. The average molecular weight is 251 g/mol. The largest absolute Gasteiger partial charge is 0.388 e. The summed E-state index contributed by atoms with van der Waals surface area (Å²) in [5.41, 5.74) is 7.48. The van der Waals surface area contributed by atoms with Crippen LogP contribution in [0.15, 0.2) is 18.3 Å². The number of rotatable bonds is 6. The highest BCUT2D eigenvalue weighted by molar-refractivity contribution is 7.80. The third-order valence-electron chi connectivity index (χ3n) is 2.97. The molecule has 0 aliphatic heterocycles. The molecule has 0 fully saturated rings. The Labute approximate surface area is 109 Å². The first-order chi connectivity index (χ1) is 8.04. The molecule has 0 saturated heterocycles. The van der Waals surface area contributed by atoms with Crippen LogP contribution in [0.4, 0.5) is 0 Å². The number of pyridine rings is 1. The van der Waals surface area contributed by atoms with E-state index in [0.717, 1.165) is 6.54 Å². The summed E-state index contributed by atoms with van der Waals surface area (Å²) in [4.78, 5) is 6.84. The van der Waals surface area contributed by atoms with Crippen LogP contribution in [0.25, 0.3) is 0 Å². The monoisotopic (exact) mass is 251 g/mol. The van der Waals surface area contributed by atoms with Gasteiger partial charge in [-0.2, -0.15) is 0 Å². The van der Waals surface area contributed by atoms with Gasteiger partial charge in [-0.05, 0) is 38.1 Å². The molecule has 0 spiro atoms. The minimum Gasteiger partial charge on any atom is -0.388 e. The van der Waals surface area contributed by atoms with Crippen molar-refractivity contribution in [3.05, 3.63) is 29.6 Å². The van der Waals surface area contributed by atoms with Crippen LogP contribution in [-0.2, 0) is 6.54 Å². The van der Waals surface area contributed by atoms with Crippen molar-refractivity contribution in [1.29, 1.82) is 0 Å². The molecule has 1 atom stereocenters. The van der Waals surface area contributed by atoms with Gasteiger partial charge in [-0.25, -0.2) is 0 Å². The molecule has 17 heavy (non-hydrogen) atoms. The van der Waals surface area contributed by atoms with E-state index in [2.05, 4.69) is 30.8 Å². The van der Waals surface area contributed by atoms with Gasteiger partial charge in [-0.15, -0.1) is 0 Å². The second kappa shape index (κ2) is 6.67. The van der Waals surface area contributed by atoms with E-state index in [1.54, 1.807) is 6.20 Å². The number of thiocarbonyl (C=S) groups is 1. The van der Waals surface area contributed by atoms with E-state index in [9.17, 15) is 0 Å². The summed E-state index contributed by atoms with van der Waals surface area (Å²) in [6.07, 6.45) is 4.19. The Kier molecular flexibility index (Phi) is 5.51. The molecule has 0 aliphatic rings. The lowest BCUT2D eigenvalue weighted by atomic mass is 10.1. The number of aromatic nitrogens is 1. The standard InChI is InChI=1S/C13H21N3S/c1-4-5-10(2)16(3)9-11-6-7-15-12(8-11)13(14)17/h6-8,10H,4-5,9H2,1-3H3,(H2,14,17). The summed E-state index contributed by atoms with van der Waals surface area (Å²) < 4.78 is 0. The van der Waals surface area contributed by atoms with Gasteiger partial charge in [0.1, 0.15) is 4.99 Å². The Morgan fingerprint density at radius 2 is 2.29 bits per heavy atom. The van der Waals surface area contributed by atoms with Gasteiger partial charge in [0.2, 0.25) is 0 Å². The maximum Gasteiger partial charge on any atom is 0.122 e. The molecule has 1 heterocycles. The molecule has 0 radical (unpaired) electrons. The van der Waals surface area contributed by atoms with Gasteiger partial charge in [0.15, 0.2) is 0 Å². The van der Waals surface area contributed by atoms with Gasteiger partial charge >= 0.3 is 0 Å². The molecule has 1 rings (SSSR count). The van der Waals surface area contributed by atoms with E-state index in [1.807, 2.05) is 12.1 Å². The lowest BCUT2D eigenvalue weighted by Crippen LogP contribution is -2.28. The average Bonchev–Trinajstić information content (AvgIpc) is 2.29. The Bertz CT molecular complexity index is 379. The fraction of sp³-hybridized carbons (Fsp3) is 0.538. The smallest absolute Gasteiger partial charge is 0.122 e. The summed E-state index contributed by atoms with van der Waals surface area (Å²) in [5.74, 6) is 0. The Balaban J connectivity index is 2.68. The summed E-state index contributed by atoms with van der Waals surface area (Å²) in [6.45, 7) is 5.36. The van der Waals surface area contributed by atoms with Crippen molar-refractivity contribution in [2.75, 3.05) is 7.05 Å². The van der Waals surface area contributed by atoms with Crippen LogP contribution >= 0.6 is 12.2 Å². The highest BCUT2D eigenvalue weighted by atomic mass is 32.1. The third-order valence-corrected chi connectivity index (χ3v) is 3.18. The van der Waals surface area contributed by atoms with E-state index in [0.29, 0.717) is 16.7 Å². The number of nitrogens with zero attached hydrogens (tertiary/aromatic N) is 2. The molecule has 0 bridgehead atoms. The lowest BCUT2D eigenvalue weighted by molar-refractivity contribution is 0.237. The van der Waals surface area contributed by atoms with E-state index in [-0.39, 0.29) is 0 Å². The van der Waals surface area contributed by atoms with Gasteiger partial charge in [-0.3, -0.25) is 9.88 Å². The quantitative estimate of drug-likeness (QED) is 0.788. The van der Waals surface area contributed by atoms with Crippen molar-refractivity contribution in [3.63, 3.8) is 0 Å². The molecule has 1 aromatic heterocycles. The van der Waals surface area contributed by atoms with Crippen molar-refractivity contribution in [2.24, 2.45) is 5.73 Å². The fourth-order valence-corrected chi connectivity index (χ4v) is 1.90. The van der Waals surface area contributed by atoms with Crippen LogP contribution in [-0.4, -0.2) is 28.0 Å². The van der Waals surface area contributed by atoms with Crippen molar-refractivity contribution >= 4 is 17.2 Å². The second-order valence-corrected chi connectivity index (χ2v) is 4.91. The first kappa shape index (κ1) is 14.1. The number of nitrogens with two attached hydrogens (primary N) is 1. The first-order valence-electron chi connectivity index (χ1n) is 5.99. The van der Waals surface area contributed by atoms with Gasteiger partial charge in [0.25, 0.3) is 0 Å². The van der Waals surface area contributed by atoms with E-state index in [4.69, 9.17) is 18.0 Å². The predicted molar refractivity (Wildman–Crippen MR) is 76.0 cm³/mol. The fourth-order valence-electron chi connectivity index (χ4n) is 1.79. The van der Waals surface area contributed by atoms with Crippen LogP contribution in [0.3, 0.4) is 0 Å². The molecular weight excluding hydrogens is 230 g/mol. The maximum absolute atomic E-state index is 5.58. The van der Waals surface area contributed by atoms with Crippen molar-refractivity contribution in [3.8, 4) is 0 Å². The maximum atomic E-state index is 5.58. The SMILES string of the molecule is CCCC(C)N(C)Cc1ccnc(C(N)=S)c1. The molecule has 0 aliphatic carbocycles. The van der Waals surface area contributed by atoms with Crippen molar-refractivity contribution < 1.29 is 0 Å². The second-order valence-electron chi connectivity index (χ2n) is 4.47. The third kappa shape index (κ3) is 4.40. The highest BCUT2D eigenvalue weighted by Gasteiger charge is 2.09.